The summed E-state index contributed by atoms with van der Waals surface area (Å²) in [5, 5.41) is 25.2. The second kappa shape index (κ2) is 18.0. The van der Waals surface area contributed by atoms with Crippen molar-refractivity contribution in [1.29, 1.82) is 0 Å². The van der Waals surface area contributed by atoms with Crippen LogP contribution in [0.4, 0.5) is 46.5 Å². The molecule has 2 amide bonds. The van der Waals surface area contributed by atoms with Crippen LogP contribution in [0.15, 0.2) is 36.4 Å². The minimum Gasteiger partial charge on any atom is -0.467 e. The molecule has 2 aliphatic heterocycles. The number of anilines is 2. The van der Waals surface area contributed by atoms with Crippen LogP contribution in [-0.4, -0.2) is 107 Å². The van der Waals surface area contributed by atoms with Crippen molar-refractivity contribution in [3.05, 3.63) is 59.2 Å². The molecule has 2 aliphatic rings. The maximum absolute atomic E-state index is 13.7. The van der Waals surface area contributed by atoms with Gasteiger partial charge < -0.3 is 40.1 Å². The lowest BCUT2D eigenvalue weighted by molar-refractivity contribution is -0.152. The van der Waals surface area contributed by atoms with Crippen molar-refractivity contribution in [2.45, 2.75) is 103 Å². The van der Waals surface area contributed by atoms with E-state index >= 15 is 0 Å². The van der Waals surface area contributed by atoms with Crippen LogP contribution in [0.5, 0.6) is 0 Å². The number of amides is 2. The summed E-state index contributed by atoms with van der Waals surface area (Å²) < 4.78 is 115. The Balaban J connectivity index is 0.000000310. The molecular weight excluding hydrogens is 792 g/mol. The van der Waals surface area contributed by atoms with Crippen LogP contribution in [0.1, 0.15) is 65.5 Å². The van der Waals surface area contributed by atoms with E-state index in [0.29, 0.717) is 24.3 Å². The van der Waals surface area contributed by atoms with E-state index in [1.54, 1.807) is 41.5 Å². The van der Waals surface area contributed by atoms with Crippen molar-refractivity contribution >= 4 is 35.1 Å². The average molecular weight is 841 g/mol. The number of esters is 2. The lowest BCUT2D eigenvalue weighted by atomic mass is 9.85. The topological polar surface area (TPSA) is 158 Å². The lowest BCUT2D eigenvalue weighted by Crippen LogP contribution is -2.52. The number of rotatable bonds is 8. The van der Waals surface area contributed by atoms with E-state index in [9.17, 15) is 64.5 Å². The number of β-amino-alcohol motifs (C(OH)–C–C–N with tert-alkyl or cyclic N) is 2. The molecule has 2 saturated heterocycles. The largest absolute Gasteiger partial charge is 0.467 e. The summed E-state index contributed by atoms with van der Waals surface area (Å²) in [5.41, 5.74) is -4.44. The number of likely N-dealkylation sites (tertiary alicyclic amines) is 2. The van der Waals surface area contributed by atoms with Crippen molar-refractivity contribution in [3.8, 4) is 0 Å². The molecule has 4 rings (SSSR count). The fourth-order valence-electron chi connectivity index (χ4n) is 6.47. The van der Waals surface area contributed by atoms with Crippen molar-refractivity contribution < 1.29 is 74.0 Å². The number of carbonyl (C=O) groups excluding carboxylic acids is 4. The van der Waals surface area contributed by atoms with Crippen molar-refractivity contribution in [2.24, 2.45) is 10.8 Å². The third-order valence-corrected chi connectivity index (χ3v) is 9.37. The highest BCUT2D eigenvalue weighted by Gasteiger charge is 2.46. The van der Waals surface area contributed by atoms with Crippen LogP contribution in [-0.2, 0) is 41.0 Å². The first kappa shape index (κ1) is 47.7. The highest BCUT2D eigenvalue weighted by Crippen LogP contribution is 2.36. The summed E-state index contributed by atoms with van der Waals surface area (Å²) in [6, 6.07) is -0.329. The number of aliphatic hydroxyl groups is 2. The molecule has 0 bridgehead atoms. The van der Waals surface area contributed by atoms with Gasteiger partial charge in [-0.3, -0.25) is 9.59 Å². The van der Waals surface area contributed by atoms with Gasteiger partial charge >= 0.3 is 24.3 Å². The Labute approximate surface area is 329 Å². The smallest absolute Gasteiger partial charge is 0.416 e. The van der Waals surface area contributed by atoms with Gasteiger partial charge in [-0.2, -0.15) is 26.3 Å². The van der Waals surface area contributed by atoms with Crippen LogP contribution in [0.25, 0.3) is 0 Å². The van der Waals surface area contributed by atoms with Crippen molar-refractivity contribution in [2.75, 3.05) is 37.9 Å². The fraction of sp³-hybridized carbons (Fsp3) is 0.579. The molecule has 0 aliphatic carbocycles. The molecule has 0 spiro atoms. The molecule has 6 atom stereocenters. The van der Waals surface area contributed by atoms with E-state index in [1.807, 2.05) is 0 Å². The van der Waals surface area contributed by atoms with Gasteiger partial charge in [-0.05, 0) is 47.2 Å². The fourth-order valence-corrected chi connectivity index (χ4v) is 6.47. The number of hydrogen-bond donors (Lipinski definition) is 4. The predicted octanol–water partition coefficient (Wildman–Crippen LogP) is 5.61. The molecule has 0 radical (unpaired) electrons. The molecule has 0 unspecified atom stereocenters. The third-order valence-electron chi connectivity index (χ3n) is 9.37. The molecule has 0 aromatic heterocycles. The summed E-state index contributed by atoms with van der Waals surface area (Å²) in [7, 11) is 2.31. The third kappa shape index (κ3) is 12.2. The van der Waals surface area contributed by atoms with Gasteiger partial charge in [0.15, 0.2) is 0 Å². The molecule has 58 heavy (non-hydrogen) atoms. The minimum atomic E-state index is -4.76. The van der Waals surface area contributed by atoms with Gasteiger partial charge in [0.25, 0.3) is 0 Å². The Hall–Kier alpha value is -4.72. The maximum Gasteiger partial charge on any atom is 0.416 e. The number of aliphatic hydroxyl groups excluding tert-OH is 2. The van der Waals surface area contributed by atoms with Gasteiger partial charge in [0.1, 0.15) is 35.8 Å². The second-order valence-electron chi connectivity index (χ2n) is 16.2. The summed E-state index contributed by atoms with van der Waals surface area (Å²) in [5.74, 6) is -4.83. The van der Waals surface area contributed by atoms with Gasteiger partial charge in [-0.1, -0.05) is 41.5 Å². The number of nitrogens with one attached hydrogen (secondary N) is 2. The number of methoxy groups -OCH3 is 2. The first-order valence-electron chi connectivity index (χ1n) is 17.9. The van der Waals surface area contributed by atoms with Gasteiger partial charge in [0.05, 0.1) is 37.6 Å². The zero-order valence-electron chi connectivity index (χ0n) is 33.0. The molecule has 2 fully saturated rings. The van der Waals surface area contributed by atoms with Gasteiger partial charge in [-0.15, -0.1) is 0 Å². The molecule has 2 aromatic carbocycles. The van der Waals surface area contributed by atoms with Crippen LogP contribution in [0.2, 0.25) is 0 Å². The van der Waals surface area contributed by atoms with Crippen molar-refractivity contribution in [3.63, 3.8) is 0 Å². The minimum absolute atomic E-state index is 0.00648. The standard InChI is InChI=1S/2C19H24F4N2O4/c2*1-18(2,3)15(16(27)25-9-13(26)8-14(25)17(28)29-4)24-12-6-10(19(21,22)23)5-11(20)7-12/h2*5-7,13-15,24,26H,8-9H2,1-4H3/t2*13-,14+,15-/m11/s1. The molecule has 4 N–H and O–H groups in total. The Kier molecular flexibility index (Phi) is 14.8. The Bertz CT molecular complexity index is 1680. The number of halogens is 8. The van der Waals surface area contributed by atoms with E-state index in [2.05, 4.69) is 20.1 Å². The SMILES string of the molecule is COC(=O)[C@@H]1C[C@@H](O)CN1C(=O)[C@@H](Nc1cc(F)cc(C(F)(F)F)c1)C(C)(C)C.COC(=O)[C@@H]1C[C@@H](O)CN1C(=O)[C@@H](Nc1cc(F)cc(C(F)(F)F)c1)C(C)(C)C. The molecule has 2 heterocycles. The van der Waals surface area contributed by atoms with Crippen LogP contribution >= 0.6 is 0 Å². The van der Waals surface area contributed by atoms with Crippen LogP contribution in [0.3, 0.4) is 0 Å². The molecule has 0 saturated carbocycles. The number of nitrogens with zero attached hydrogens (tertiary/aromatic N) is 2. The predicted molar refractivity (Wildman–Crippen MR) is 193 cm³/mol. The average Bonchev–Trinajstić information content (AvgIpc) is 3.69. The van der Waals surface area contributed by atoms with Crippen LogP contribution in [0, 0.1) is 22.5 Å². The number of alkyl halides is 6. The maximum atomic E-state index is 13.7. The zero-order chi connectivity index (χ0) is 44.3. The lowest BCUT2D eigenvalue weighted by Gasteiger charge is -2.35. The number of hydrogen-bond acceptors (Lipinski definition) is 10. The summed E-state index contributed by atoms with van der Waals surface area (Å²) in [6.45, 7) is 9.79. The monoisotopic (exact) mass is 840 g/mol. The second-order valence-corrected chi connectivity index (χ2v) is 16.2. The van der Waals surface area contributed by atoms with Crippen LogP contribution < -0.4 is 10.6 Å². The summed E-state index contributed by atoms with van der Waals surface area (Å²) in [6.07, 6.45) is -11.4. The first-order valence-corrected chi connectivity index (χ1v) is 17.9. The molecular formula is C38H48F8N4O8. The van der Waals surface area contributed by atoms with E-state index in [4.69, 9.17) is 0 Å². The zero-order valence-corrected chi connectivity index (χ0v) is 33.0. The Morgan fingerprint density at radius 1 is 0.621 bits per heavy atom. The molecule has 20 heteroatoms. The molecule has 2 aromatic rings. The highest BCUT2D eigenvalue weighted by molar-refractivity contribution is 5.91. The normalized spacial score (nSPS) is 21.1. The molecule has 12 nitrogen and oxygen atoms in total. The van der Waals surface area contributed by atoms with E-state index < -0.39 is 106 Å². The number of ether oxygens (including phenoxy) is 2. The summed E-state index contributed by atoms with van der Waals surface area (Å²) >= 11 is 0. The van der Waals surface area contributed by atoms with E-state index in [-0.39, 0.29) is 37.3 Å². The van der Waals surface area contributed by atoms with E-state index in [1.165, 1.54) is 0 Å². The number of benzene rings is 2. The van der Waals surface area contributed by atoms with E-state index in [0.717, 1.165) is 36.2 Å². The van der Waals surface area contributed by atoms with Gasteiger partial charge in [-0.25, -0.2) is 18.4 Å². The first-order chi connectivity index (χ1) is 26.5. The van der Waals surface area contributed by atoms with Crippen molar-refractivity contribution in [1.82, 2.24) is 9.80 Å². The number of carbonyl (C=O) groups is 4. The summed E-state index contributed by atoms with van der Waals surface area (Å²) in [4.78, 5) is 52.6. The highest BCUT2D eigenvalue weighted by atomic mass is 19.4. The quantitative estimate of drug-likeness (QED) is 0.195. The Morgan fingerprint density at radius 2 is 0.931 bits per heavy atom. The van der Waals surface area contributed by atoms with Gasteiger partial charge in [0.2, 0.25) is 11.8 Å². The van der Waals surface area contributed by atoms with Gasteiger partial charge in [0, 0.05) is 37.3 Å². The molecule has 324 valence electrons. The Morgan fingerprint density at radius 3 is 1.19 bits per heavy atom.